The summed E-state index contributed by atoms with van der Waals surface area (Å²) in [7, 11) is 0. The van der Waals surface area contributed by atoms with Gasteiger partial charge in [-0.1, -0.05) is 18.2 Å². The Balaban J connectivity index is 1.22. The molecule has 42 heavy (non-hydrogen) atoms. The van der Waals surface area contributed by atoms with E-state index in [1.54, 1.807) is 39.1 Å². The minimum absolute atomic E-state index is 0.00298. The van der Waals surface area contributed by atoms with Gasteiger partial charge in [0.15, 0.2) is 17.2 Å². The van der Waals surface area contributed by atoms with Crippen LogP contribution in [0.1, 0.15) is 55.1 Å². The van der Waals surface area contributed by atoms with Crippen molar-refractivity contribution in [1.29, 1.82) is 0 Å². The largest absolute Gasteiger partial charge is 0.492 e. The van der Waals surface area contributed by atoms with E-state index in [2.05, 4.69) is 20.3 Å². The number of Topliss-reactive ketones (excluding diaryl/α,β-unsaturated/α-hetero) is 1. The van der Waals surface area contributed by atoms with Crippen LogP contribution in [0.2, 0.25) is 0 Å². The number of hydrogen-bond donors (Lipinski definition) is 1. The number of nitrogens with zero attached hydrogens (tertiary/aromatic N) is 4. The van der Waals surface area contributed by atoms with Gasteiger partial charge in [0, 0.05) is 24.6 Å². The third kappa shape index (κ3) is 7.85. The number of imidazole rings is 1. The number of benzene rings is 2. The third-order valence-electron chi connectivity index (χ3n) is 6.85. The molecule has 0 atom stereocenters. The molecule has 1 aliphatic heterocycles. The Bertz CT molecular complexity index is 1570. The van der Waals surface area contributed by atoms with Gasteiger partial charge in [-0.2, -0.15) is 0 Å². The van der Waals surface area contributed by atoms with Crippen molar-refractivity contribution < 1.29 is 23.8 Å². The second kappa shape index (κ2) is 12.6. The van der Waals surface area contributed by atoms with Gasteiger partial charge in [0.25, 0.3) is 0 Å². The first-order valence-corrected chi connectivity index (χ1v) is 14.2. The SMILES string of the molecule is Cc1ccc(Oc2ccc3nc(NC(=O)OC(C)(C)C)cn3n2)cc1CC(=O)c1cccc(OCCN2CCCC2)c1. The number of amides is 1. The van der Waals surface area contributed by atoms with Crippen LogP contribution in [0, 0.1) is 6.92 Å². The maximum Gasteiger partial charge on any atom is 0.413 e. The normalized spacial score (nSPS) is 13.7. The predicted octanol–water partition coefficient (Wildman–Crippen LogP) is 6.08. The molecule has 1 saturated heterocycles. The van der Waals surface area contributed by atoms with Crippen molar-refractivity contribution >= 4 is 23.3 Å². The summed E-state index contributed by atoms with van der Waals surface area (Å²) in [6.45, 7) is 11.1. The Kier molecular flexibility index (Phi) is 8.72. The first-order chi connectivity index (χ1) is 20.1. The van der Waals surface area contributed by atoms with E-state index < -0.39 is 11.7 Å². The Morgan fingerprint density at radius 2 is 1.81 bits per heavy atom. The van der Waals surface area contributed by atoms with Gasteiger partial charge >= 0.3 is 6.09 Å². The Labute approximate surface area is 245 Å². The minimum Gasteiger partial charge on any atom is -0.492 e. The number of carbonyl (C=O) groups excluding carboxylic acids is 2. The van der Waals surface area contributed by atoms with Gasteiger partial charge in [0.1, 0.15) is 23.7 Å². The summed E-state index contributed by atoms with van der Waals surface area (Å²) in [6, 6.07) is 16.4. The van der Waals surface area contributed by atoms with Crippen molar-refractivity contribution in [2.75, 3.05) is 31.6 Å². The predicted molar refractivity (Wildman–Crippen MR) is 160 cm³/mol. The highest BCUT2D eigenvalue weighted by atomic mass is 16.6. The van der Waals surface area contributed by atoms with Gasteiger partial charge < -0.3 is 14.2 Å². The maximum absolute atomic E-state index is 13.2. The topological polar surface area (TPSA) is 107 Å². The van der Waals surface area contributed by atoms with E-state index in [0.717, 1.165) is 30.8 Å². The third-order valence-corrected chi connectivity index (χ3v) is 6.85. The molecule has 2 aromatic carbocycles. The molecular formula is C32H37N5O5. The number of likely N-dealkylation sites (tertiary alicyclic amines) is 1. The van der Waals surface area contributed by atoms with Gasteiger partial charge in [0.05, 0.1) is 6.20 Å². The fourth-order valence-electron chi connectivity index (χ4n) is 4.74. The van der Waals surface area contributed by atoms with E-state index in [-0.39, 0.29) is 12.2 Å². The van der Waals surface area contributed by atoms with Crippen LogP contribution in [0.15, 0.2) is 60.8 Å². The van der Waals surface area contributed by atoms with E-state index in [1.165, 1.54) is 17.4 Å². The molecule has 1 fully saturated rings. The number of nitrogens with one attached hydrogen (secondary N) is 1. The highest BCUT2D eigenvalue weighted by molar-refractivity contribution is 5.98. The van der Waals surface area contributed by atoms with Crippen LogP contribution in [0.5, 0.6) is 17.4 Å². The second-order valence-electron chi connectivity index (χ2n) is 11.4. The molecule has 0 spiro atoms. The molecule has 5 rings (SSSR count). The number of carbonyl (C=O) groups is 2. The van der Waals surface area contributed by atoms with Crippen LogP contribution in [-0.4, -0.2) is 63.2 Å². The van der Waals surface area contributed by atoms with Gasteiger partial charge in [-0.3, -0.25) is 15.0 Å². The number of rotatable bonds is 10. The monoisotopic (exact) mass is 571 g/mol. The van der Waals surface area contributed by atoms with Crippen LogP contribution < -0.4 is 14.8 Å². The average molecular weight is 572 g/mol. The fourth-order valence-corrected chi connectivity index (χ4v) is 4.74. The lowest BCUT2D eigenvalue weighted by Gasteiger charge is -2.18. The standard InChI is InChI=1S/C32H37N5O5/c1-22-10-11-26(41-30-13-12-29-33-28(21-37(29)35-30)34-31(39)42-32(2,3)4)19-24(22)20-27(38)23-8-7-9-25(18-23)40-17-16-36-14-5-6-15-36/h7-13,18-19,21H,5-6,14-17,20H2,1-4H3,(H,34,39). The number of hydrogen-bond acceptors (Lipinski definition) is 8. The number of fused-ring (bicyclic) bond motifs is 1. The van der Waals surface area contributed by atoms with E-state index in [0.29, 0.717) is 41.0 Å². The summed E-state index contributed by atoms with van der Waals surface area (Å²) in [6.07, 6.45) is 3.72. The molecule has 220 valence electrons. The van der Waals surface area contributed by atoms with Crippen molar-refractivity contribution in [3.05, 3.63) is 77.5 Å². The van der Waals surface area contributed by atoms with Gasteiger partial charge in [-0.05, 0) is 95.1 Å². The average Bonchev–Trinajstić information content (AvgIpc) is 3.59. The summed E-state index contributed by atoms with van der Waals surface area (Å²) in [5.41, 5.74) is 2.38. The molecule has 4 aromatic rings. The Morgan fingerprint density at radius 1 is 1.00 bits per heavy atom. The molecule has 0 unspecified atom stereocenters. The summed E-state index contributed by atoms with van der Waals surface area (Å²) in [4.78, 5) is 32.0. The first-order valence-electron chi connectivity index (χ1n) is 14.2. The van der Waals surface area contributed by atoms with Crippen molar-refractivity contribution in [2.24, 2.45) is 0 Å². The van der Waals surface area contributed by atoms with E-state index in [1.807, 2.05) is 49.4 Å². The fraction of sp³-hybridized carbons (Fsp3) is 0.375. The van der Waals surface area contributed by atoms with E-state index in [9.17, 15) is 9.59 Å². The second-order valence-corrected chi connectivity index (χ2v) is 11.4. The molecule has 1 aliphatic rings. The van der Waals surface area contributed by atoms with Crippen LogP contribution >= 0.6 is 0 Å². The number of anilines is 1. The van der Waals surface area contributed by atoms with Gasteiger partial charge in [0.2, 0.25) is 5.88 Å². The molecule has 3 heterocycles. The van der Waals surface area contributed by atoms with Crippen molar-refractivity contribution in [3.63, 3.8) is 0 Å². The molecule has 0 saturated carbocycles. The molecule has 0 aliphatic carbocycles. The summed E-state index contributed by atoms with van der Waals surface area (Å²) >= 11 is 0. The first kappa shape index (κ1) is 29.1. The lowest BCUT2D eigenvalue weighted by Crippen LogP contribution is -2.27. The number of ketones is 1. The van der Waals surface area contributed by atoms with Crippen molar-refractivity contribution in [3.8, 4) is 17.4 Å². The Hall–Kier alpha value is -4.44. The number of ether oxygens (including phenoxy) is 3. The minimum atomic E-state index is -0.620. The number of aryl methyl sites for hydroxylation is 1. The molecule has 10 heteroatoms. The lowest BCUT2D eigenvalue weighted by atomic mass is 9.99. The van der Waals surface area contributed by atoms with Crippen LogP contribution in [-0.2, 0) is 11.2 Å². The highest BCUT2D eigenvalue weighted by Crippen LogP contribution is 2.25. The zero-order chi connectivity index (χ0) is 29.7. The molecule has 2 aromatic heterocycles. The van der Waals surface area contributed by atoms with Crippen LogP contribution in [0.3, 0.4) is 0 Å². The van der Waals surface area contributed by atoms with Gasteiger partial charge in [-0.15, -0.1) is 5.10 Å². The molecule has 10 nitrogen and oxygen atoms in total. The Morgan fingerprint density at radius 3 is 2.60 bits per heavy atom. The summed E-state index contributed by atoms with van der Waals surface area (Å²) in [5.74, 6) is 1.92. The quantitative estimate of drug-likeness (QED) is 0.228. The van der Waals surface area contributed by atoms with Crippen LogP contribution in [0.25, 0.3) is 5.65 Å². The smallest absolute Gasteiger partial charge is 0.413 e. The summed E-state index contributed by atoms with van der Waals surface area (Å²) in [5, 5.41) is 7.06. The molecule has 1 N–H and O–H groups in total. The molecule has 1 amide bonds. The highest BCUT2D eigenvalue weighted by Gasteiger charge is 2.18. The lowest BCUT2D eigenvalue weighted by molar-refractivity contribution is 0.0635. The zero-order valence-electron chi connectivity index (χ0n) is 24.6. The zero-order valence-corrected chi connectivity index (χ0v) is 24.6. The number of aromatic nitrogens is 3. The molecule has 0 bridgehead atoms. The van der Waals surface area contributed by atoms with E-state index >= 15 is 0 Å². The van der Waals surface area contributed by atoms with Crippen molar-refractivity contribution in [1.82, 2.24) is 19.5 Å². The van der Waals surface area contributed by atoms with E-state index in [4.69, 9.17) is 14.2 Å². The maximum atomic E-state index is 13.2. The molecular weight excluding hydrogens is 534 g/mol. The van der Waals surface area contributed by atoms with Gasteiger partial charge in [-0.25, -0.2) is 14.3 Å². The van der Waals surface area contributed by atoms with Crippen LogP contribution in [0.4, 0.5) is 10.6 Å². The van der Waals surface area contributed by atoms with Crippen molar-refractivity contribution in [2.45, 2.75) is 52.6 Å². The molecule has 0 radical (unpaired) electrons. The summed E-state index contributed by atoms with van der Waals surface area (Å²) < 4.78 is 18.8.